The molecule has 144 valence electrons. The van der Waals surface area contributed by atoms with E-state index >= 15 is 0 Å². The molecule has 1 aromatic rings. The average molecular weight is 364 g/mol. The third kappa shape index (κ3) is 4.96. The summed E-state index contributed by atoms with van der Waals surface area (Å²) in [4.78, 5) is 28.0. The van der Waals surface area contributed by atoms with Crippen LogP contribution < -0.4 is 0 Å². The molecule has 1 saturated heterocycles. The highest BCUT2D eigenvalue weighted by Crippen LogP contribution is 2.30. The Bertz CT molecular complexity index is 640. The van der Waals surface area contributed by atoms with E-state index in [4.69, 9.17) is 4.74 Å². The Labute approximate surface area is 155 Å². The molecular weight excluding hydrogens is 335 g/mol. The van der Waals surface area contributed by atoms with Crippen molar-refractivity contribution in [1.29, 1.82) is 0 Å². The fourth-order valence-corrected chi connectivity index (χ4v) is 3.31. The van der Waals surface area contributed by atoms with E-state index in [0.717, 1.165) is 5.56 Å². The van der Waals surface area contributed by atoms with Crippen molar-refractivity contribution in [3.63, 3.8) is 0 Å². The number of halogens is 1. The lowest BCUT2D eigenvalue weighted by atomic mass is 9.84. The maximum atomic E-state index is 13.6. The number of benzene rings is 1. The molecule has 26 heavy (non-hydrogen) atoms. The number of carbonyl (C=O) groups excluding carboxylic acids is 2. The molecule has 1 aliphatic heterocycles. The summed E-state index contributed by atoms with van der Waals surface area (Å²) in [6, 6.07) is 5.09. The Morgan fingerprint density at radius 3 is 2.31 bits per heavy atom. The topological polar surface area (TPSA) is 49.9 Å². The van der Waals surface area contributed by atoms with Crippen LogP contribution in [-0.2, 0) is 9.53 Å². The first-order valence-corrected chi connectivity index (χ1v) is 9.29. The van der Waals surface area contributed by atoms with Gasteiger partial charge in [-0.3, -0.25) is 4.79 Å². The summed E-state index contributed by atoms with van der Waals surface area (Å²) in [5.41, 5.74) is 1.60. The van der Waals surface area contributed by atoms with E-state index < -0.39 is 0 Å². The van der Waals surface area contributed by atoms with E-state index in [9.17, 15) is 14.0 Å². The zero-order chi connectivity index (χ0) is 19.3. The quantitative estimate of drug-likeness (QED) is 0.803. The smallest absolute Gasteiger partial charge is 0.409 e. The number of hydrogen-bond donors (Lipinski definition) is 0. The SMILES string of the molecule is CCOC(=O)N1CCN(C(=O)CC(c2ccc(F)c(C)c2)C(C)C)CC1. The average Bonchev–Trinajstić information content (AvgIpc) is 2.62. The van der Waals surface area contributed by atoms with Gasteiger partial charge in [-0.2, -0.15) is 0 Å². The lowest BCUT2D eigenvalue weighted by molar-refractivity contribution is -0.133. The zero-order valence-electron chi connectivity index (χ0n) is 16.1. The van der Waals surface area contributed by atoms with Crippen LogP contribution in [0, 0.1) is 18.7 Å². The van der Waals surface area contributed by atoms with Crippen LogP contribution in [0.1, 0.15) is 44.2 Å². The second kappa shape index (κ2) is 9.01. The molecule has 0 saturated carbocycles. The summed E-state index contributed by atoms with van der Waals surface area (Å²) in [7, 11) is 0. The van der Waals surface area contributed by atoms with Gasteiger partial charge in [0.15, 0.2) is 0 Å². The maximum absolute atomic E-state index is 13.6. The summed E-state index contributed by atoms with van der Waals surface area (Å²) >= 11 is 0. The van der Waals surface area contributed by atoms with Crippen molar-refractivity contribution in [2.45, 2.75) is 40.0 Å². The highest BCUT2D eigenvalue weighted by Gasteiger charge is 2.28. The van der Waals surface area contributed by atoms with Gasteiger partial charge in [-0.25, -0.2) is 9.18 Å². The van der Waals surface area contributed by atoms with Crippen LogP contribution in [0.2, 0.25) is 0 Å². The molecule has 0 bridgehead atoms. The second-order valence-corrected chi connectivity index (χ2v) is 7.13. The van der Waals surface area contributed by atoms with Crippen LogP contribution >= 0.6 is 0 Å². The van der Waals surface area contributed by atoms with Crippen LogP contribution in [-0.4, -0.2) is 54.6 Å². The summed E-state index contributed by atoms with van der Waals surface area (Å²) in [6.45, 7) is 10.1. The van der Waals surface area contributed by atoms with Crippen LogP contribution in [0.3, 0.4) is 0 Å². The number of ether oxygens (including phenoxy) is 1. The monoisotopic (exact) mass is 364 g/mol. The number of amides is 2. The molecule has 0 N–H and O–H groups in total. The molecule has 5 nitrogen and oxygen atoms in total. The van der Waals surface area contributed by atoms with Gasteiger partial charge in [-0.15, -0.1) is 0 Å². The van der Waals surface area contributed by atoms with Gasteiger partial charge in [0.1, 0.15) is 5.82 Å². The standard InChI is InChI=1S/C20H29FN2O3/c1-5-26-20(25)23-10-8-22(9-11-23)19(24)13-17(14(2)3)16-6-7-18(21)15(4)12-16/h6-7,12,14,17H,5,8-11,13H2,1-4H3. The van der Waals surface area contributed by atoms with E-state index in [1.165, 1.54) is 6.07 Å². The lowest BCUT2D eigenvalue weighted by Crippen LogP contribution is -2.51. The lowest BCUT2D eigenvalue weighted by Gasteiger charge is -2.35. The van der Waals surface area contributed by atoms with Gasteiger partial charge in [0, 0.05) is 32.6 Å². The first-order valence-electron chi connectivity index (χ1n) is 9.29. The van der Waals surface area contributed by atoms with Crippen molar-refractivity contribution in [1.82, 2.24) is 9.80 Å². The third-order valence-corrected chi connectivity index (χ3v) is 4.97. The molecule has 2 rings (SSSR count). The largest absolute Gasteiger partial charge is 0.450 e. The Hall–Kier alpha value is -2.11. The molecule has 1 aromatic carbocycles. The van der Waals surface area contributed by atoms with Crippen LogP contribution in [0.4, 0.5) is 9.18 Å². The number of aryl methyl sites for hydroxylation is 1. The number of rotatable bonds is 5. The molecule has 1 fully saturated rings. The molecule has 1 aliphatic rings. The molecule has 1 unspecified atom stereocenters. The van der Waals surface area contributed by atoms with Crippen molar-refractivity contribution in [2.75, 3.05) is 32.8 Å². The van der Waals surface area contributed by atoms with Crippen molar-refractivity contribution in [3.8, 4) is 0 Å². The first-order chi connectivity index (χ1) is 12.3. The molecule has 0 radical (unpaired) electrons. The van der Waals surface area contributed by atoms with Crippen LogP contribution in [0.25, 0.3) is 0 Å². The number of carbonyl (C=O) groups is 2. The number of nitrogens with zero attached hydrogens (tertiary/aromatic N) is 2. The highest BCUT2D eigenvalue weighted by molar-refractivity contribution is 5.77. The minimum absolute atomic E-state index is 0.0462. The molecular formula is C20H29FN2O3. The molecule has 1 heterocycles. The third-order valence-electron chi connectivity index (χ3n) is 4.97. The van der Waals surface area contributed by atoms with E-state index in [1.54, 1.807) is 24.8 Å². The Morgan fingerprint density at radius 1 is 1.15 bits per heavy atom. The van der Waals surface area contributed by atoms with Gasteiger partial charge in [-0.05, 0) is 42.9 Å². The molecule has 2 amide bonds. The minimum Gasteiger partial charge on any atom is -0.450 e. The highest BCUT2D eigenvalue weighted by atomic mass is 19.1. The first kappa shape index (κ1) is 20.2. The van der Waals surface area contributed by atoms with E-state index in [1.807, 2.05) is 11.0 Å². The summed E-state index contributed by atoms with van der Waals surface area (Å²) in [6.07, 6.45) is 0.0729. The normalized spacial score (nSPS) is 15.9. The van der Waals surface area contributed by atoms with Gasteiger partial charge in [0.05, 0.1) is 6.61 Å². The predicted molar refractivity (Wildman–Crippen MR) is 98.5 cm³/mol. The fourth-order valence-electron chi connectivity index (χ4n) is 3.31. The molecule has 0 aliphatic carbocycles. The predicted octanol–water partition coefficient (Wildman–Crippen LogP) is 3.56. The van der Waals surface area contributed by atoms with Crippen LogP contribution in [0.5, 0.6) is 0 Å². The summed E-state index contributed by atoms with van der Waals surface area (Å²) < 4.78 is 18.6. The van der Waals surface area contributed by atoms with Crippen LogP contribution in [0.15, 0.2) is 18.2 Å². The Morgan fingerprint density at radius 2 is 1.77 bits per heavy atom. The fraction of sp³-hybridized carbons (Fsp3) is 0.600. The summed E-state index contributed by atoms with van der Waals surface area (Å²) in [5, 5.41) is 0. The van der Waals surface area contributed by atoms with E-state index in [0.29, 0.717) is 44.8 Å². The van der Waals surface area contributed by atoms with Crippen molar-refractivity contribution >= 4 is 12.0 Å². The van der Waals surface area contributed by atoms with Crippen molar-refractivity contribution < 1.29 is 18.7 Å². The van der Waals surface area contributed by atoms with Gasteiger partial charge in [0.25, 0.3) is 0 Å². The molecule has 0 aromatic heterocycles. The van der Waals surface area contributed by atoms with Gasteiger partial charge in [-0.1, -0.05) is 26.0 Å². The van der Waals surface area contributed by atoms with Crippen molar-refractivity contribution in [3.05, 3.63) is 35.1 Å². The Balaban J connectivity index is 1.98. The van der Waals surface area contributed by atoms with E-state index in [2.05, 4.69) is 13.8 Å². The Kier molecular flexibility index (Phi) is 7.00. The van der Waals surface area contributed by atoms with Gasteiger partial charge < -0.3 is 14.5 Å². The van der Waals surface area contributed by atoms with Gasteiger partial charge >= 0.3 is 6.09 Å². The minimum atomic E-state index is -0.318. The molecule has 6 heteroatoms. The number of piperazine rings is 1. The summed E-state index contributed by atoms with van der Waals surface area (Å²) in [5.74, 6) is 0.168. The number of hydrogen-bond acceptors (Lipinski definition) is 3. The van der Waals surface area contributed by atoms with E-state index in [-0.39, 0.29) is 29.7 Å². The maximum Gasteiger partial charge on any atom is 0.409 e. The van der Waals surface area contributed by atoms with Gasteiger partial charge in [0.2, 0.25) is 5.91 Å². The molecule has 0 spiro atoms. The molecule has 1 atom stereocenters. The van der Waals surface area contributed by atoms with Crippen molar-refractivity contribution in [2.24, 2.45) is 5.92 Å². The second-order valence-electron chi connectivity index (χ2n) is 7.13. The zero-order valence-corrected chi connectivity index (χ0v) is 16.1.